The molecule has 1 N–H and O–H groups in total. The highest BCUT2D eigenvalue weighted by molar-refractivity contribution is 6.05. The number of carbonyl (C=O) groups is 1. The fraction of sp³-hybridized carbons (Fsp3) is 0.250. The summed E-state index contributed by atoms with van der Waals surface area (Å²) in [5, 5.41) is 10.5. The Hall–Kier alpha value is -3.35. The van der Waals surface area contributed by atoms with Gasteiger partial charge in [-0.2, -0.15) is 0 Å². The second kappa shape index (κ2) is 8.35. The van der Waals surface area contributed by atoms with Crippen molar-refractivity contribution < 1.29 is 18.9 Å². The molecule has 0 fully saturated rings. The van der Waals surface area contributed by atoms with Gasteiger partial charge in [0.25, 0.3) is 5.91 Å². The second-order valence-electron chi connectivity index (χ2n) is 5.98. The number of nitrogens with one attached hydrogen (secondary N) is 1. The average Bonchev–Trinajstić information content (AvgIpc) is 3.14. The maximum atomic E-state index is 12.6. The van der Waals surface area contributed by atoms with E-state index < -0.39 is 0 Å². The van der Waals surface area contributed by atoms with Crippen LogP contribution < -0.4 is 14.8 Å². The maximum absolute atomic E-state index is 12.6. The molecule has 0 spiro atoms. The summed E-state index contributed by atoms with van der Waals surface area (Å²) in [7, 11) is 1.61. The topological polar surface area (TPSA) is 86.5 Å². The highest BCUT2D eigenvalue weighted by atomic mass is 16.6. The lowest BCUT2D eigenvalue weighted by atomic mass is 10.1. The molecule has 0 radical (unpaired) electrons. The molecule has 0 saturated carbocycles. The summed E-state index contributed by atoms with van der Waals surface area (Å²) < 4.78 is 15.7. The van der Waals surface area contributed by atoms with Crippen molar-refractivity contribution in [2.45, 2.75) is 20.3 Å². The molecule has 1 aromatic heterocycles. The molecule has 2 aromatic carbocycles. The zero-order chi connectivity index (χ0) is 19.2. The Balaban J connectivity index is 1.80. The van der Waals surface area contributed by atoms with Crippen molar-refractivity contribution in [2.24, 2.45) is 0 Å². The molecular weight excluding hydrogens is 346 g/mol. The molecule has 3 aromatic rings. The van der Waals surface area contributed by atoms with Gasteiger partial charge in [0.1, 0.15) is 11.5 Å². The van der Waals surface area contributed by atoms with E-state index in [0.29, 0.717) is 23.6 Å². The Morgan fingerprint density at radius 1 is 1.19 bits per heavy atom. The number of hydrogen-bond donors (Lipinski definition) is 1. The molecule has 7 heteroatoms. The third-order valence-electron chi connectivity index (χ3n) is 3.96. The van der Waals surface area contributed by atoms with Crippen LogP contribution in [-0.4, -0.2) is 29.9 Å². The molecule has 7 nitrogen and oxygen atoms in total. The van der Waals surface area contributed by atoms with E-state index in [1.807, 2.05) is 38.1 Å². The predicted octanol–water partition coefficient (Wildman–Crippen LogP) is 4.09. The molecule has 0 bridgehead atoms. The van der Waals surface area contributed by atoms with Gasteiger partial charge in [0, 0.05) is 11.1 Å². The molecule has 3 rings (SSSR count). The van der Waals surface area contributed by atoms with Gasteiger partial charge in [-0.25, -0.2) is 4.63 Å². The summed E-state index contributed by atoms with van der Waals surface area (Å²) in [6.45, 7) is 4.55. The summed E-state index contributed by atoms with van der Waals surface area (Å²) in [5.41, 5.74) is 2.62. The SMILES string of the molecule is CCCOc1cccc(C(=O)Nc2nonc2-c2ccc(OC)c(C)c2)c1. The van der Waals surface area contributed by atoms with Crippen LogP contribution >= 0.6 is 0 Å². The molecule has 140 valence electrons. The third kappa shape index (κ3) is 4.25. The van der Waals surface area contributed by atoms with Crippen molar-refractivity contribution in [1.29, 1.82) is 0 Å². The number of hydrogen-bond acceptors (Lipinski definition) is 6. The van der Waals surface area contributed by atoms with Crippen molar-refractivity contribution in [1.82, 2.24) is 10.3 Å². The lowest BCUT2D eigenvalue weighted by molar-refractivity contribution is 0.102. The van der Waals surface area contributed by atoms with Gasteiger partial charge in [-0.15, -0.1) is 0 Å². The van der Waals surface area contributed by atoms with E-state index in [0.717, 1.165) is 23.3 Å². The van der Waals surface area contributed by atoms with Gasteiger partial charge in [0.2, 0.25) is 5.82 Å². The smallest absolute Gasteiger partial charge is 0.257 e. The minimum atomic E-state index is -0.320. The molecule has 27 heavy (non-hydrogen) atoms. The quantitative estimate of drug-likeness (QED) is 0.677. The number of nitrogens with zero attached hydrogens (tertiary/aromatic N) is 2. The minimum Gasteiger partial charge on any atom is -0.496 e. The van der Waals surface area contributed by atoms with Gasteiger partial charge in [-0.3, -0.25) is 4.79 Å². The van der Waals surface area contributed by atoms with Crippen LogP contribution in [0.4, 0.5) is 5.82 Å². The van der Waals surface area contributed by atoms with Crippen LogP contribution in [0.25, 0.3) is 11.3 Å². The summed E-state index contributed by atoms with van der Waals surface area (Å²) in [6, 6.07) is 12.5. The standard InChI is InChI=1S/C20H21N3O4/c1-4-10-26-16-7-5-6-15(12-16)20(24)21-19-18(22-27-23-19)14-8-9-17(25-3)13(2)11-14/h5-9,11-12H,4,10H2,1-3H3,(H,21,23,24). The molecule has 1 amide bonds. The zero-order valence-corrected chi connectivity index (χ0v) is 15.5. The fourth-order valence-corrected chi connectivity index (χ4v) is 2.61. The van der Waals surface area contributed by atoms with Gasteiger partial charge < -0.3 is 14.8 Å². The number of benzene rings is 2. The van der Waals surface area contributed by atoms with E-state index >= 15 is 0 Å². The van der Waals surface area contributed by atoms with Crippen molar-refractivity contribution in [3.8, 4) is 22.8 Å². The Labute approximate surface area is 157 Å². The van der Waals surface area contributed by atoms with Crippen LogP contribution in [0, 0.1) is 6.92 Å². The van der Waals surface area contributed by atoms with Crippen molar-refractivity contribution in [3.63, 3.8) is 0 Å². The van der Waals surface area contributed by atoms with Crippen LogP contribution in [0.1, 0.15) is 29.3 Å². The number of aryl methyl sites for hydroxylation is 1. The number of aromatic nitrogens is 2. The van der Waals surface area contributed by atoms with E-state index in [4.69, 9.17) is 14.1 Å². The molecule has 0 saturated heterocycles. The first-order valence-corrected chi connectivity index (χ1v) is 8.64. The number of anilines is 1. The van der Waals surface area contributed by atoms with E-state index in [9.17, 15) is 4.79 Å². The van der Waals surface area contributed by atoms with Crippen LogP contribution in [0.5, 0.6) is 11.5 Å². The average molecular weight is 367 g/mol. The van der Waals surface area contributed by atoms with Gasteiger partial charge in [-0.1, -0.05) is 13.0 Å². The van der Waals surface area contributed by atoms with Crippen LogP contribution in [0.2, 0.25) is 0 Å². The molecular formula is C20H21N3O4. The number of ether oxygens (including phenoxy) is 2. The van der Waals surface area contributed by atoms with Gasteiger partial charge >= 0.3 is 0 Å². The molecule has 1 heterocycles. The van der Waals surface area contributed by atoms with E-state index in [1.165, 1.54) is 0 Å². The van der Waals surface area contributed by atoms with Gasteiger partial charge in [0.05, 0.1) is 13.7 Å². The summed E-state index contributed by atoms with van der Waals surface area (Å²) in [4.78, 5) is 12.6. The van der Waals surface area contributed by atoms with E-state index in [-0.39, 0.29) is 11.7 Å². The van der Waals surface area contributed by atoms with Crippen molar-refractivity contribution in [2.75, 3.05) is 19.0 Å². The van der Waals surface area contributed by atoms with E-state index in [2.05, 4.69) is 15.6 Å². The first-order chi connectivity index (χ1) is 13.1. The highest BCUT2D eigenvalue weighted by Crippen LogP contribution is 2.29. The van der Waals surface area contributed by atoms with Crippen LogP contribution in [0.15, 0.2) is 47.1 Å². The normalized spacial score (nSPS) is 10.5. The monoisotopic (exact) mass is 367 g/mol. The first-order valence-electron chi connectivity index (χ1n) is 8.64. The lowest BCUT2D eigenvalue weighted by Crippen LogP contribution is -2.13. The van der Waals surface area contributed by atoms with E-state index in [1.54, 1.807) is 25.3 Å². The number of rotatable bonds is 7. The van der Waals surface area contributed by atoms with Crippen molar-refractivity contribution in [3.05, 3.63) is 53.6 Å². The van der Waals surface area contributed by atoms with Crippen molar-refractivity contribution >= 4 is 11.7 Å². The second-order valence-corrected chi connectivity index (χ2v) is 5.98. The molecule has 0 aliphatic rings. The summed E-state index contributed by atoms with van der Waals surface area (Å²) >= 11 is 0. The molecule has 0 unspecified atom stereocenters. The maximum Gasteiger partial charge on any atom is 0.257 e. The number of amides is 1. The Bertz CT molecular complexity index is 936. The third-order valence-corrected chi connectivity index (χ3v) is 3.96. The number of carbonyl (C=O) groups excluding carboxylic acids is 1. The lowest BCUT2D eigenvalue weighted by Gasteiger charge is -2.08. The molecule has 0 aliphatic carbocycles. The Kier molecular flexibility index (Phi) is 5.71. The summed E-state index contributed by atoms with van der Waals surface area (Å²) in [6.07, 6.45) is 0.895. The first kappa shape index (κ1) is 18.4. The Morgan fingerprint density at radius 2 is 2.04 bits per heavy atom. The zero-order valence-electron chi connectivity index (χ0n) is 15.5. The largest absolute Gasteiger partial charge is 0.496 e. The van der Waals surface area contributed by atoms with Gasteiger partial charge in [-0.05, 0) is 65.6 Å². The fourth-order valence-electron chi connectivity index (χ4n) is 2.61. The van der Waals surface area contributed by atoms with Crippen LogP contribution in [-0.2, 0) is 0 Å². The minimum absolute atomic E-state index is 0.254. The summed E-state index contributed by atoms with van der Waals surface area (Å²) in [5.74, 6) is 1.35. The molecule has 0 aliphatic heterocycles. The predicted molar refractivity (Wildman–Crippen MR) is 101 cm³/mol. The molecule has 0 atom stereocenters. The Morgan fingerprint density at radius 3 is 2.78 bits per heavy atom. The van der Waals surface area contributed by atoms with Gasteiger partial charge in [0.15, 0.2) is 5.69 Å². The van der Waals surface area contributed by atoms with Crippen LogP contribution in [0.3, 0.4) is 0 Å². The highest BCUT2D eigenvalue weighted by Gasteiger charge is 2.17. The number of methoxy groups -OCH3 is 1.